The average molecular weight is 361 g/mol. The number of nitrogens with one attached hydrogen (secondary N) is 2. The number of hydrogen-bond donors (Lipinski definition) is 2. The normalized spacial score (nSPS) is 11.5. The predicted octanol–water partition coefficient (Wildman–Crippen LogP) is 2.98. The molecule has 0 aliphatic rings. The molecule has 5 nitrogen and oxygen atoms in total. The fourth-order valence-corrected chi connectivity index (χ4v) is 2.37. The number of hydrogen-bond acceptors (Lipinski definition) is 2. The van der Waals surface area contributed by atoms with E-state index in [4.69, 9.17) is 0 Å². The van der Waals surface area contributed by atoms with Gasteiger partial charge in [-0.1, -0.05) is 30.3 Å². The summed E-state index contributed by atoms with van der Waals surface area (Å²) in [7, 11) is 1.55. The third-order valence-electron chi connectivity index (χ3n) is 4.10. The Morgan fingerprint density at radius 1 is 1.04 bits per heavy atom. The minimum atomic E-state index is -0.519. The van der Waals surface area contributed by atoms with Crippen LogP contribution in [0.15, 0.2) is 48.5 Å². The lowest BCUT2D eigenvalue weighted by Crippen LogP contribution is -2.43. The summed E-state index contributed by atoms with van der Waals surface area (Å²) in [6.45, 7) is 1.71. The largest absolute Gasteiger partial charge is 0.337 e. The molecule has 2 N–H and O–H groups in total. The van der Waals surface area contributed by atoms with Crippen LogP contribution in [0, 0.1) is 11.6 Å². The first-order valence-electron chi connectivity index (χ1n) is 8.14. The van der Waals surface area contributed by atoms with Gasteiger partial charge in [0.05, 0.1) is 12.6 Å². The van der Waals surface area contributed by atoms with Gasteiger partial charge in [-0.3, -0.25) is 4.79 Å². The van der Waals surface area contributed by atoms with Gasteiger partial charge in [0.2, 0.25) is 5.91 Å². The van der Waals surface area contributed by atoms with Crippen LogP contribution in [0.1, 0.15) is 24.1 Å². The van der Waals surface area contributed by atoms with E-state index in [1.807, 2.05) is 0 Å². The molecule has 3 amide bonds. The summed E-state index contributed by atoms with van der Waals surface area (Å²) in [4.78, 5) is 25.4. The molecule has 0 aliphatic heterocycles. The molecule has 0 bridgehead atoms. The lowest BCUT2D eigenvalue weighted by atomic mass is 10.1. The molecule has 1 unspecified atom stereocenters. The van der Waals surface area contributed by atoms with Crippen molar-refractivity contribution < 1.29 is 18.4 Å². The van der Waals surface area contributed by atoms with Crippen molar-refractivity contribution in [3.63, 3.8) is 0 Å². The van der Waals surface area contributed by atoms with Crippen molar-refractivity contribution >= 4 is 11.9 Å². The van der Waals surface area contributed by atoms with Crippen molar-refractivity contribution in [3.05, 3.63) is 71.3 Å². The van der Waals surface area contributed by atoms with Crippen LogP contribution in [0.2, 0.25) is 0 Å². The molecule has 1 atom stereocenters. The van der Waals surface area contributed by atoms with E-state index in [0.717, 1.165) is 5.56 Å². The number of carbonyl (C=O) groups excluding carboxylic acids is 2. The Balaban J connectivity index is 1.80. The van der Waals surface area contributed by atoms with E-state index in [-0.39, 0.29) is 30.6 Å². The van der Waals surface area contributed by atoms with Crippen LogP contribution in [0.4, 0.5) is 13.6 Å². The molecule has 0 heterocycles. The highest BCUT2D eigenvalue weighted by Gasteiger charge is 2.20. The van der Waals surface area contributed by atoms with E-state index in [2.05, 4.69) is 10.6 Å². The monoisotopic (exact) mass is 361 g/mol. The Bertz CT molecular complexity index is 766. The zero-order chi connectivity index (χ0) is 19.1. The number of rotatable bonds is 6. The van der Waals surface area contributed by atoms with Crippen molar-refractivity contribution in [3.8, 4) is 0 Å². The second kappa shape index (κ2) is 8.94. The molecule has 0 saturated carbocycles. The third-order valence-corrected chi connectivity index (χ3v) is 4.10. The van der Waals surface area contributed by atoms with Gasteiger partial charge < -0.3 is 15.5 Å². The SMILES string of the molecule is CC(c1ccccc1F)N(C)C(=O)CNC(=O)NCc1ccc(F)cc1. The number of amides is 3. The fraction of sp³-hybridized carbons (Fsp3) is 0.263. The number of halogens is 2. The minimum absolute atomic E-state index is 0.210. The van der Waals surface area contributed by atoms with Crippen molar-refractivity contribution in [2.24, 2.45) is 0 Å². The molecule has 2 aromatic rings. The first-order valence-corrected chi connectivity index (χ1v) is 8.14. The number of likely N-dealkylation sites (N-methyl/N-ethyl adjacent to an activating group) is 1. The summed E-state index contributed by atoms with van der Waals surface area (Å²) < 4.78 is 26.6. The third kappa shape index (κ3) is 5.27. The van der Waals surface area contributed by atoms with Crippen molar-refractivity contribution in [1.29, 1.82) is 0 Å². The molecule has 0 fully saturated rings. The highest BCUT2D eigenvalue weighted by atomic mass is 19.1. The zero-order valence-electron chi connectivity index (χ0n) is 14.6. The summed E-state index contributed by atoms with van der Waals surface area (Å²) in [5.74, 6) is -1.09. The van der Waals surface area contributed by atoms with Gasteiger partial charge in [0.15, 0.2) is 0 Å². The second-order valence-corrected chi connectivity index (χ2v) is 5.86. The van der Waals surface area contributed by atoms with E-state index < -0.39 is 12.1 Å². The van der Waals surface area contributed by atoms with Crippen molar-refractivity contribution in [2.45, 2.75) is 19.5 Å². The van der Waals surface area contributed by atoms with Gasteiger partial charge in [0, 0.05) is 19.2 Å². The summed E-state index contributed by atoms with van der Waals surface area (Å²) in [5.41, 5.74) is 1.14. The Morgan fingerprint density at radius 3 is 2.35 bits per heavy atom. The van der Waals surface area contributed by atoms with E-state index in [1.54, 1.807) is 44.3 Å². The van der Waals surface area contributed by atoms with Crippen molar-refractivity contribution in [1.82, 2.24) is 15.5 Å². The maximum Gasteiger partial charge on any atom is 0.315 e. The number of carbonyl (C=O) groups is 2. The molecule has 0 radical (unpaired) electrons. The first kappa shape index (κ1) is 19.4. The van der Waals surface area contributed by atoms with Crippen LogP contribution in [0.3, 0.4) is 0 Å². The van der Waals surface area contributed by atoms with Crippen LogP contribution in [0.25, 0.3) is 0 Å². The quantitative estimate of drug-likeness (QED) is 0.831. The fourth-order valence-electron chi connectivity index (χ4n) is 2.37. The molecule has 26 heavy (non-hydrogen) atoms. The predicted molar refractivity (Wildman–Crippen MR) is 94.2 cm³/mol. The highest BCUT2D eigenvalue weighted by molar-refractivity contribution is 5.84. The maximum absolute atomic E-state index is 13.8. The van der Waals surface area contributed by atoms with Gasteiger partial charge >= 0.3 is 6.03 Å². The molecule has 7 heteroatoms. The smallest absolute Gasteiger partial charge is 0.315 e. The van der Waals surface area contributed by atoms with Crippen LogP contribution >= 0.6 is 0 Å². The number of benzene rings is 2. The van der Waals surface area contributed by atoms with Gasteiger partial charge in [-0.15, -0.1) is 0 Å². The zero-order valence-corrected chi connectivity index (χ0v) is 14.6. The summed E-state index contributed by atoms with van der Waals surface area (Å²) in [6.07, 6.45) is 0. The van der Waals surface area contributed by atoms with E-state index in [9.17, 15) is 18.4 Å². The van der Waals surface area contributed by atoms with Gasteiger partial charge in [0.1, 0.15) is 11.6 Å². The topological polar surface area (TPSA) is 61.4 Å². The highest BCUT2D eigenvalue weighted by Crippen LogP contribution is 2.21. The van der Waals surface area contributed by atoms with E-state index in [1.165, 1.54) is 23.1 Å². The average Bonchev–Trinajstić information content (AvgIpc) is 2.64. The van der Waals surface area contributed by atoms with Gasteiger partial charge in [-0.25, -0.2) is 13.6 Å². The number of urea groups is 1. The molecule has 2 rings (SSSR count). The molecular weight excluding hydrogens is 340 g/mol. The van der Waals surface area contributed by atoms with Crippen LogP contribution < -0.4 is 10.6 Å². The van der Waals surface area contributed by atoms with Gasteiger partial charge in [-0.05, 0) is 30.7 Å². The van der Waals surface area contributed by atoms with Gasteiger partial charge in [-0.2, -0.15) is 0 Å². The lowest BCUT2D eigenvalue weighted by molar-refractivity contribution is -0.130. The van der Waals surface area contributed by atoms with Crippen LogP contribution in [0.5, 0.6) is 0 Å². The van der Waals surface area contributed by atoms with Crippen LogP contribution in [-0.2, 0) is 11.3 Å². The molecular formula is C19H21F2N3O2. The standard InChI is InChI=1S/C19H21F2N3O2/c1-13(16-5-3-4-6-17(16)21)24(2)18(25)12-23-19(26)22-11-14-7-9-15(20)10-8-14/h3-10,13H,11-12H2,1-2H3,(H2,22,23,26). The minimum Gasteiger partial charge on any atom is -0.337 e. The molecule has 0 saturated heterocycles. The van der Waals surface area contributed by atoms with E-state index >= 15 is 0 Å². The Hall–Kier alpha value is -2.96. The molecule has 138 valence electrons. The molecule has 0 aliphatic carbocycles. The van der Waals surface area contributed by atoms with Crippen LogP contribution in [-0.4, -0.2) is 30.4 Å². The van der Waals surface area contributed by atoms with E-state index in [0.29, 0.717) is 5.56 Å². The summed E-state index contributed by atoms with van der Waals surface area (Å²) in [5, 5.41) is 5.04. The van der Waals surface area contributed by atoms with Gasteiger partial charge in [0.25, 0.3) is 0 Å². The second-order valence-electron chi connectivity index (χ2n) is 5.86. The Morgan fingerprint density at radius 2 is 1.69 bits per heavy atom. The molecule has 0 aromatic heterocycles. The Kier molecular flexibility index (Phi) is 6.66. The summed E-state index contributed by atoms with van der Waals surface area (Å²) in [6, 6.07) is 11.0. The number of nitrogens with zero attached hydrogens (tertiary/aromatic N) is 1. The first-order chi connectivity index (χ1) is 12.4. The lowest BCUT2D eigenvalue weighted by Gasteiger charge is -2.25. The summed E-state index contributed by atoms with van der Waals surface area (Å²) >= 11 is 0. The Labute approximate surface area is 151 Å². The molecule has 2 aromatic carbocycles. The van der Waals surface area contributed by atoms with Crippen molar-refractivity contribution in [2.75, 3.05) is 13.6 Å². The maximum atomic E-state index is 13.8. The molecule has 0 spiro atoms.